The van der Waals surface area contributed by atoms with Crippen LogP contribution < -0.4 is 5.76 Å². The molecule has 3 aromatic rings. The minimum Gasteiger partial charge on any atom is -0.408 e. The van der Waals surface area contributed by atoms with Crippen molar-refractivity contribution in [2.45, 2.75) is 20.1 Å². The summed E-state index contributed by atoms with van der Waals surface area (Å²) in [5, 5.41) is 0. The van der Waals surface area contributed by atoms with Gasteiger partial charge in [-0.15, -0.1) is 0 Å². The van der Waals surface area contributed by atoms with Gasteiger partial charge in [0.1, 0.15) is 11.6 Å². The lowest BCUT2D eigenvalue weighted by Crippen LogP contribution is -2.30. The fraction of sp³-hybridized carbons (Fsp3) is 0.235. The number of hydrogen-bond donors (Lipinski definition) is 0. The van der Waals surface area contributed by atoms with Crippen molar-refractivity contribution < 1.29 is 13.2 Å². The summed E-state index contributed by atoms with van der Waals surface area (Å²) >= 11 is 3.33. The summed E-state index contributed by atoms with van der Waals surface area (Å²) in [5.41, 5.74) is 1.08. The Morgan fingerprint density at radius 2 is 1.92 bits per heavy atom. The molecule has 7 heteroatoms. The first-order chi connectivity index (χ1) is 11.5. The third-order valence-electron chi connectivity index (χ3n) is 3.86. The third kappa shape index (κ3) is 3.27. The molecule has 0 aliphatic heterocycles. The standard InChI is InChI=1S/C17H15BrF2N2O2/c1-2-21(9-12-13(19)4-3-5-14(12)20)10-22-15-7-6-11(18)8-16(15)24-17(22)23/h3-8H,2,9-10H2,1H3. The van der Waals surface area contributed by atoms with E-state index in [1.54, 1.807) is 23.1 Å². The number of oxazole rings is 1. The second-order valence-electron chi connectivity index (χ2n) is 5.39. The van der Waals surface area contributed by atoms with Gasteiger partial charge in [-0.2, -0.15) is 0 Å². The van der Waals surface area contributed by atoms with Crippen molar-refractivity contribution in [3.8, 4) is 0 Å². The van der Waals surface area contributed by atoms with Gasteiger partial charge in [0.2, 0.25) is 0 Å². The first-order valence-electron chi connectivity index (χ1n) is 7.43. The number of fused-ring (bicyclic) bond motifs is 1. The van der Waals surface area contributed by atoms with Gasteiger partial charge >= 0.3 is 5.76 Å². The van der Waals surface area contributed by atoms with Gasteiger partial charge in [0.05, 0.1) is 12.2 Å². The van der Waals surface area contributed by atoms with Crippen molar-refractivity contribution in [3.63, 3.8) is 0 Å². The molecule has 24 heavy (non-hydrogen) atoms. The summed E-state index contributed by atoms with van der Waals surface area (Å²) in [6.45, 7) is 2.62. The van der Waals surface area contributed by atoms with Crippen molar-refractivity contribution >= 4 is 27.0 Å². The molecule has 0 aliphatic carbocycles. The van der Waals surface area contributed by atoms with E-state index in [4.69, 9.17) is 4.42 Å². The molecule has 0 radical (unpaired) electrons. The summed E-state index contributed by atoms with van der Waals surface area (Å²) in [4.78, 5) is 13.9. The van der Waals surface area contributed by atoms with Crippen molar-refractivity contribution in [1.29, 1.82) is 0 Å². The Kier molecular flexibility index (Phi) is 4.82. The normalized spacial score (nSPS) is 11.5. The Hall–Kier alpha value is -1.99. The number of hydrogen-bond acceptors (Lipinski definition) is 3. The van der Waals surface area contributed by atoms with E-state index >= 15 is 0 Å². The molecule has 2 aromatic carbocycles. The third-order valence-corrected chi connectivity index (χ3v) is 4.36. The lowest BCUT2D eigenvalue weighted by atomic mass is 10.2. The van der Waals surface area contributed by atoms with Crippen molar-refractivity contribution in [2.24, 2.45) is 0 Å². The van der Waals surface area contributed by atoms with E-state index in [0.29, 0.717) is 17.6 Å². The van der Waals surface area contributed by atoms with Crippen LogP contribution in [0.1, 0.15) is 12.5 Å². The van der Waals surface area contributed by atoms with E-state index < -0.39 is 17.4 Å². The minimum atomic E-state index is -0.596. The van der Waals surface area contributed by atoms with Crippen LogP contribution in [0.15, 0.2) is 50.1 Å². The molecular weight excluding hydrogens is 382 g/mol. The quantitative estimate of drug-likeness (QED) is 0.651. The van der Waals surface area contributed by atoms with Crippen LogP contribution in [0, 0.1) is 11.6 Å². The summed E-state index contributed by atoms with van der Waals surface area (Å²) < 4.78 is 35.2. The maximum absolute atomic E-state index is 13.8. The van der Waals surface area contributed by atoms with Gasteiger partial charge < -0.3 is 4.42 Å². The first-order valence-corrected chi connectivity index (χ1v) is 8.23. The number of aromatic nitrogens is 1. The monoisotopic (exact) mass is 396 g/mol. The molecule has 0 bridgehead atoms. The number of rotatable bonds is 5. The van der Waals surface area contributed by atoms with Crippen LogP contribution in [-0.2, 0) is 13.2 Å². The predicted octanol–water partition coefficient (Wildman–Crippen LogP) is 4.11. The number of benzene rings is 2. The Bertz CT molecular complexity index is 916. The van der Waals surface area contributed by atoms with Crippen LogP contribution in [0.5, 0.6) is 0 Å². The molecule has 126 valence electrons. The highest BCUT2D eigenvalue weighted by molar-refractivity contribution is 9.10. The summed E-state index contributed by atoms with van der Waals surface area (Å²) in [7, 11) is 0. The highest BCUT2D eigenvalue weighted by Gasteiger charge is 2.16. The molecule has 0 amide bonds. The van der Waals surface area contributed by atoms with Crippen LogP contribution in [0.4, 0.5) is 8.78 Å². The second kappa shape index (κ2) is 6.86. The van der Waals surface area contributed by atoms with E-state index in [1.165, 1.54) is 22.8 Å². The van der Waals surface area contributed by atoms with Gasteiger partial charge in [-0.05, 0) is 36.9 Å². The van der Waals surface area contributed by atoms with Gasteiger partial charge in [0, 0.05) is 16.6 Å². The fourth-order valence-electron chi connectivity index (χ4n) is 2.54. The smallest absolute Gasteiger partial charge is 0.408 e. The lowest BCUT2D eigenvalue weighted by Gasteiger charge is -2.21. The van der Waals surface area contributed by atoms with E-state index in [9.17, 15) is 13.6 Å². The molecule has 0 saturated heterocycles. The molecule has 0 atom stereocenters. The number of halogens is 3. The lowest BCUT2D eigenvalue weighted by molar-refractivity contribution is 0.210. The van der Waals surface area contributed by atoms with E-state index in [-0.39, 0.29) is 18.8 Å². The predicted molar refractivity (Wildman–Crippen MR) is 90.6 cm³/mol. The molecule has 0 N–H and O–H groups in total. The van der Waals surface area contributed by atoms with Crippen LogP contribution in [0.25, 0.3) is 11.1 Å². The highest BCUT2D eigenvalue weighted by atomic mass is 79.9. The molecule has 3 rings (SSSR count). The summed E-state index contributed by atoms with van der Waals surface area (Å²) in [6, 6.07) is 9.06. The number of nitrogens with zero attached hydrogens (tertiary/aromatic N) is 2. The zero-order valence-electron chi connectivity index (χ0n) is 12.9. The van der Waals surface area contributed by atoms with E-state index in [2.05, 4.69) is 15.9 Å². The Morgan fingerprint density at radius 3 is 2.58 bits per heavy atom. The van der Waals surface area contributed by atoms with Gasteiger partial charge in [-0.25, -0.2) is 13.6 Å². The van der Waals surface area contributed by atoms with Crippen molar-refractivity contribution in [1.82, 2.24) is 9.47 Å². The van der Waals surface area contributed by atoms with E-state index in [0.717, 1.165) is 4.47 Å². The summed E-state index contributed by atoms with van der Waals surface area (Å²) in [5.74, 6) is -1.70. The van der Waals surface area contributed by atoms with Crippen LogP contribution in [-0.4, -0.2) is 16.0 Å². The van der Waals surface area contributed by atoms with Crippen LogP contribution >= 0.6 is 15.9 Å². The largest absolute Gasteiger partial charge is 0.421 e. The Balaban J connectivity index is 1.91. The molecule has 0 spiro atoms. The average Bonchev–Trinajstić information content (AvgIpc) is 2.84. The maximum atomic E-state index is 13.8. The molecular formula is C17H15BrF2N2O2. The van der Waals surface area contributed by atoms with E-state index in [1.807, 2.05) is 6.92 Å². The minimum absolute atomic E-state index is 0.0112. The topological polar surface area (TPSA) is 38.4 Å². The second-order valence-corrected chi connectivity index (χ2v) is 6.31. The maximum Gasteiger partial charge on any atom is 0.421 e. The molecule has 1 heterocycles. The van der Waals surface area contributed by atoms with Crippen LogP contribution in [0.2, 0.25) is 0 Å². The average molecular weight is 397 g/mol. The zero-order valence-corrected chi connectivity index (χ0v) is 14.5. The molecule has 0 fully saturated rings. The van der Waals surface area contributed by atoms with Crippen LogP contribution in [0.3, 0.4) is 0 Å². The molecule has 4 nitrogen and oxygen atoms in total. The molecule has 0 aliphatic rings. The van der Waals surface area contributed by atoms with Gasteiger partial charge in [0.25, 0.3) is 0 Å². The molecule has 0 unspecified atom stereocenters. The Labute approximate surface area is 145 Å². The van der Waals surface area contributed by atoms with Crippen molar-refractivity contribution in [3.05, 3.63) is 68.6 Å². The molecule has 0 saturated carbocycles. The fourth-order valence-corrected chi connectivity index (χ4v) is 2.88. The van der Waals surface area contributed by atoms with Crippen molar-refractivity contribution in [2.75, 3.05) is 6.54 Å². The van der Waals surface area contributed by atoms with Gasteiger partial charge in [-0.1, -0.05) is 28.9 Å². The Morgan fingerprint density at radius 1 is 1.21 bits per heavy atom. The highest BCUT2D eigenvalue weighted by Crippen LogP contribution is 2.20. The SMILES string of the molecule is CCN(Cc1c(F)cccc1F)Cn1c(=O)oc2cc(Br)ccc21. The molecule has 1 aromatic heterocycles. The van der Waals surface area contributed by atoms with Gasteiger partial charge in [0.15, 0.2) is 5.58 Å². The first kappa shape index (κ1) is 16.9. The van der Waals surface area contributed by atoms with Gasteiger partial charge in [-0.3, -0.25) is 9.47 Å². The summed E-state index contributed by atoms with van der Waals surface area (Å²) in [6.07, 6.45) is 0. The zero-order chi connectivity index (χ0) is 17.3.